The van der Waals surface area contributed by atoms with Gasteiger partial charge in [-0.25, -0.2) is 8.42 Å². The zero-order chi connectivity index (χ0) is 23.4. The van der Waals surface area contributed by atoms with E-state index in [1.54, 1.807) is 37.4 Å². The Morgan fingerprint density at radius 2 is 1.67 bits per heavy atom. The first kappa shape index (κ1) is 23.0. The molecule has 0 bridgehead atoms. The topological polar surface area (TPSA) is 89.7 Å². The highest BCUT2D eigenvalue weighted by Gasteiger charge is 2.28. The number of nitrogens with zero attached hydrogens (tertiary/aromatic N) is 1. The highest BCUT2D eigenvalue weighted by molar-refractivity contribution is 7.89. The highest BCUT2D eigenvalue weighted by atomic mass is 32.2. The molecule has 3 aromatic rings. The largest absolute Gasteiger partial charge is 0.497 e. The van der Waals surface area contributed by atoms with Crippen LogP contribution in [0.2, 0.25) is 0 Å². The molecule has 2 N–H and O–H groups in total. The van der Waals surface area contributed by atoms with Gasteiger partial charge in [-0.1, -0.05) is 36.4 Å². The molecule has 4 rings (SSSR count). The molecule has 0 spiro atoms. The molecule has 0 saturated heterocycles. The molecular weight excluding hydrogens is 436 g/mol. The maximum atomic E-state index is 13.7. The SMILES string of the molecule is COc1ccc(S(=O)(=O)N(Cc2ccccc2)Cc2ccc(C(N)=O)cc2CC2CC2)cc1. The average Bonchev–Trinajstić information content (AvgIpc) is 3.64. The maximum Gasteiger partial charge on any atom is 0.248 e. The molecule has 0 aliphatic heterocycles. The van der Waals surface area contributed by atoms with Gasteiger partial charge in [0.05, 0.1) is 12.0 Å². The minimum absolute atomic E-state index is 0.199. The van der Waals surface area contributed by atoms with Crippen LogP contribution in [0.15, 0.2) is 77.7 Å². The normalized spacial score (nSPS) is 13.8. The summed E-state index contributed by atoms with van der Waals surface area (Å²) in [6.07, 6.45) is 3.12. The van der Waals surface area contributed by atoms with Crippen molar-refractivity contribution < 1.29 is 17.9 Å². The molecular formula is C26H28N2O4S. The first-order valence-electron chi connectivity index (χ1n) is 11.0. The fraction of sp³-hybridized carbons (Fsp3) is 0.269. The smallest absolute Gasteiger partial charge is 0.248 e. The minimum atomic E-state index is -3.79. The lowest BCUT2D eigenvalue weighted by Crippen LogP contribution is -2.31. The number of rotatable bonds is 10. The zero-order valence-corrected chi connectivity index (χ0v) is 19.4. The molecule has 0 radical (unpaired) electrons. The van der Waals surface area contributed by atoms with E-state index in [1.165, 1.54) is 4.31 Å². The van der Waals surface area contributed by atoms with Crippen molar-refractivity contribution in [1.82, 2.24) is 4.31 Å². The van der Waals surface area contributed by atoms with E-state index in [-0.39, 0.29) is 18.0 Å². The number of nitrogens with two attached hydrogens (primary N) is 1. The predicted molar refractivity (Wildman–Crippen MR) is 127 cm³/mol. The van der Waals surface area contributed by atoms with Crippen LogP contribution in [-0.2, 0) is 29.5 Å². The van der Waals surface area contributed by atoms with Crippen LogP contribution in [0.3, 0.4) is 0 Å². The van der Waals surface area contributed by atoms with Crippen LogP contribution < -0.4 is 10.5 Å². The molecule has 1 amide bonds. The molecule has 0 heterocycles. The Morgan fingerprint density at radius 3 is 2.27 bits per heavy atom. The van der Waals surface area contributed by atoms with Crippen molar-refractivity contribution in [2.45, 2.75) is 37.2 Å². The van der Waals surface area contributed by atoms with Crippen LogP contribution in [0, 0.1) is 5.92 Å². The zero-order valence-electron chi connectivity index (χ0n) is 18.6. The van der Waals surface area contributed by atoms with Gasteiger partial charge in [-0.3, -0.25) is 4.79 Å². The van der Waals surface area contributed by atoms with E-state index in [1.807, 2.05) is 42.5 Å². The molecule has 1 aliphatic rings. The number of sulfonamides is 1. The molecule has 0 aromatic heterocycles. The van der Waals surface area contributed by atoms with Crippen LogP contribution in [0.1, 0.15) is 39.9 Å². The lowest BCUT2D eigenvalue weighted by atomic mass is 9.98. The fourth-order valence-corrected chi connectivity index (χ4v) is 5.26. The number of benzene rings is 3. The van der Waals surface area contributed by atoms with Gasteiger partial charge in [-0.2, -0.15) is 4.31 Å². The second-order valence-electron chi connectivity index (χ2n) is 8.43. The predicted octanol–water partition coefficient (Wildman–Crippen LogP) is 4.14. The molecule has 3 aromatic carbocycles. The number of carbonyl (C=O) groups is 1. The summed E-state index contributed by atoms with van der Waals surface area (Å²) in [6, 6.07) is 21.3. The highest BCUT2D eigenvalue weighted by Crippen LogP contribution is 2.34. The first-order chi connectivity index (χ1) is 15.9. The summed E-state index contributed by atoms with van der Waals surface area (Å²) < 4.78 is 34.0. The Bertz CT molecular complexity index is 1220. The van der Waals surface area contributed by atoms with Crippen LogP contribution in [0.25, 0.3) is 0 Å². The summed E-state index contributed by atoms with van der Waals surface area (Å²) in [6.45, 7) is 0.431. The molecule has 6 nitrogen and oxygen atoms in total. The minimum Gasteiger partial charge on any atom is -0.497 e. The summed E-state index contributed by atoms with van der Waals surface area (Å²) in [4.78, 5) is 11.9. The van der Waals surface area contributed by atoms with E-state index in [9.17, 15) is 13.2 Å². The lowest BCUT2D eigenvalue weighted by molar-refractivity contribution is 0.1000. The van der Waals surface area contributed by atoms with Crippen molar-refractivity contribution in [3.05, 3.63) is 95.1 Å². The van der Waals surface area contributed by atoms with Gasteiger partial charge in [0.2, 0.25) is 15.9 Å². The summed E-state index contributed by atoms with van der Waals surface area (Å²) >= 11 is 0. The van der Waals surface area contributed by atoms with Crippen molar-refractivity contribution in [3.63, 3.8) is 0 Å². The third-order valence-corrected chi connectivity index (χ3v) is 7.75. The number of amides is 1. The Balaban J connectivity index is 1.71. The van der Waals surface area contributed by atoms with Crippen molar-refractivity contribution in [3.8, 4) is 5.75 Å². The van der Waals surface area contributed by atoms with E-state index in [4.69, 9.17) is 10.5 Å². The Hall–Kier alpha value is -3.16. The Kier molecular flexibility index (Phi) is 6.81. The van der Waals surface area contributed by atoms with E-state index in [0.29, 0.717) is 17.2 Å². The van der Waals surface area contributed by atoms with Gasteiger partial charge in [0.25, 0.3) is 0 Å². The Morgan fingerprint density at radius 1 is 0.970 bits per heavy atom. The van der Waals surface area contributed by atoms with Gasteiger partial charge < -0.3 is 10.5 Å². The maximum absolute atomic E-state index is 13.7. The van der Waals surface area contributed by atoms with E-state index >= 15 is 0 Å². The van der Waals surface area contributed by atoms with Gasteiger partial charge in [0.1, 0.15) is 5.75 Å². The number of hydrogen-bond donors (Lipinski definition) is 1. The summed E-state index contributed by atoms with van der Waals surface area (Å²) in [5.41, 5.74) is 8.71. The van der Waals surface area contributed by atoms with Crippen LogP contribution in [-0.4, -0.2) is 25.7 Å². The summed E-state index contributed by atoms with van der Waals surface area (Å²) in [5, 5.41) is 0. The molecule has 1 aliphatic carbocycles. The molecule has 0 unspecified atom stereocenters. The van der Waals surface area contributed by atoms with E-state index < -0.39 is 15.9 Å². The molecule has 172 valence electrons. The van der Waals surface area contributed by atoms with Crippen molar-refractivity contribution in [1.29, 1.82) is 0 Å². The fourth-order valence-electron chi connectivity index (χ4n) is 3.86. The average molecular weight is 465 g/mol. The molecule has 1 saturated carbocycles. The van der Waals surface area contributed by atoms with Gasteiger partial charge in [0.15, 0.2) is 0 Å². The lowest BCUT2D eigenvalue weighted by Gasteiger charge is -2.24. The van der Waals surface area contributed by atoms with Crippen molar-refractivity contribution >= 4 is 15.9 Å². The number of carbonyl (C=O) groups excluding carboxylic acids is 1. The number of methoxy groups -OCH3 is 1. The van der Waals surface area contributed by atoms with Crippen LogP contribution in [0.5, 0.6) is 5.75 Å². The summed E-state index contributed by atoms with van der Waals surface area (Å²) in [7, 11) is -2.25. The first-order valence-corrected chi connectivity index (χ1v) is 12.4. The van der Waals surface area contributed by atoms with Crippen molar-refractivity contribution in [2.75, 3.05) is 7.11 Å². The summed E-state index contributed by atoms with van der Waals surface area (Å²) in [5.74, 6) is 0.690. The monoisotopic (exact) mass is 464 g/mol. The van der Waals surface area contributed by atoms with Gasteiger partial charge in [-0.05, 0) is 78.3 Å². The van der Waals surface area contributed by atoms with Crippen LogP contribution in [0.4, 0.5) is 0 Å². The van der Waals surface area contributed by atoms with E-state index in [2.05, 4.69) is 0 Å². The third kappa shape index (κ3) is 5.61. The Labute approximate surface area is 195 Å². The standard InChI is InChI=1S/C26H28N2O4S/c1-32-24-11-13-25(14-12-24)33(30,31)28(17-20-5-3-2-4-6-20)18-22-10-9-21(26(27)29)16-23(22)15-19-7-8-19/h2-6,9-14,16,19H,7-8,15,17-18H2,1H3,(H2,27,29). The number of ether oxygens (including phenoxy) is 1. The van der Waals surface area contributed by atoms with Gasteiger partial charge in [-0.15, -0.1) is 0 Å². The van der Waals surface area contributed by atoms with E-state index in [0.717, 1.165) is 36.0 Å². The van der Waals surface area contributed by atoms with Gasteiger partial charge >= 0.3 is 0 Å². The molecule has 7 heteroatoms. The van der Waals surface area contributed by atoms with Crippen LogP contribution >= 0.6 is 0 Å². The second-order valence-corrected chi connectivity index (χ2v) is 10.4. The molecule has 0 atom stereocenters. The molecule has 1 fully saturated rings. The second kappa shape index (κ2) is 9.77. The third-order valence-electron chi connectivity index (χ3n) is 5.94. The van der Waals surface area contributed by atoms with Gasteiger partial charge in [0, 0.05) is 18.7 Å². The number of hydrogen-bond acceptors (Lipinski definition) is 4. The quantitative estimate of drug-likeness (QED) is 0.488. The number of primary amides is 1. The molecule has 33 heavy (non-hydrogen) atoms. The van der Waals surface area contributed by atoms with Crippen molar-refractivity contribution in [2.24, 2.45) is 11.7 Å².